The Bertz CT molecular complexity index is 663. The first-order valence-electron chi connectivity index (χ1n) is 8.18. The third kappa shape index (κ3) is 7.32. The van der Waals surface area contributed by atoms with Gasteiger partial charge in [0.25, 0.3) is 5.91 Å². The lowest BCUT2D eigenvalue weighted by Crippen LogP contribution is -2.35. The number of benzene rings is 1. The van der Waals surface area contributed by atoms with Crippen molar-refractivity contribution in [3.05, 3.63) is 29.8 Å². The number of nitrogens with zero attached hydrogens (tertiary/aromatic N) is 1. The van der Waals surface area contributed by atoms with Crippen LogP contribution in [-0.2, 0) is 10.0 Å². The largest absolute Gasteiger partial charge is 0.342 e. The first-order valence-corrected chi connectivity index (χ1v) is 9.66. The number of carbonyl (C=O) groups excluding carboxylic acids is 1. The minimum absolute atomic E-state index is 0. The number of rotatable bonds is 8. The molecule has 0 saturated carbocycles. The summed E-state index contributed by atoms with van der Waals surface area (Å²) in [5, 5.41) is 0. The van der Waals surface area contributed by atoms with E-state index in [2.05, 4.69) is 4.72 Å². The van der Waals surface area contributed by atoms with Crippen molar-refractivity contribution in [1.82, 2.24) is 9.62 Å². The topological polar surface area (TPSA) is 92.5 Å². The van der Waals surface area contributed by atoms with Crippen LogP contribution in [-0.4, -0.2) is 44.9 Å². The van der Waals surface area contributed by atoms with E-state index in [4.69, 9.17) is 5.73 Å². The first kappa shape index (κ1) is 23.9. The molecule has 0 saturated heterocycles. The van der Waals surface area contributed by atoms with Gasteiger partial charge in [0.2, 0.25) is 10.0 Å². The molecule has 3 N–H and O–H groups in total. The highest BCUT2D eigenvalue weighted by molar-refractivity contribution is 7.89. The van der Waals surface area contributed by atoms with Crippen LogP contribution >= 0.6 is 12.4 Å². The van der Waals surface area contributed by atoms with Crippen LogP contribution in [0.1, 0.15) is 44.5 Å². The molecule has 8 heteroatoms. The van der Waals surface area contributed by atoms with E-state index in [9.17, 15) is 13.2 Å². The van der Waals surface area contributed by atoms with Crippen molar-refractivity contribution in [2.24, 2.45) is 11.7 Å². The van der Waals surface area contributed by atoms with Gasteiger partial charge < -0.3 is 10.6 Å². The van der Waals surface area contributed by atoms with Crippen molar-refractivity contribution in [3.63, 3.8) is 0 Å². The van der Waals surface area contributed by atoms with Crippen LogP contribution in [0.4, 0.5) is 0 Å². The van der Waals surface area contributed by atoms with Gasteiger partial charge in [0.15, 0.2) is 0 Å². The highest BCUT2D eigenvalue weighted by atomic mass is 35.5. The van der Waals surface area contributed by atoms with E-state index in [0.29, 0.717) is 24.4 Å². The van der Waals surface area contributed by atoms with Gasteiger partial charge in [-0.25, -0.2) is 13.1 Å². The highest BCUT2D eigenvalue weighted by Crippen LogP contribution is 2.14. The fraction of sp³-hybridized carbons (Fsp3) is 0.588. The maximum atomic E-state index is 12.5. The molecule has 25 heavy (non-hydrogen) atoms. The summed E-state index contributed by atoms with van der Waals surface area (Å²) in [6.45, 7) is 8.11. The summed E-state index contributed by atoms with van der Waals surface area (Å²) in [6.07, 6.45) is 0.701. The van der Waals surface area contributed by atoms with Crippen molar-refractivity contribution in [3.8, 4) is 0 Å². The van der Waals surface area contributed by atoms with E-state index in [1.807, 2.05) is 13.8 Å². The van der Waals surface area contributed by atoms with Gasteiger partial charge in [0.1, 0.15) is 0 Å². The second-order valence-corrected chi connectivity index (χ2v) is 8.44. The second kappa shape index (κ2) is 10.1. The van der Waals surface area contributed by atoms with Gasteiger partial charge in [0.05, 0.1) is 4.90 Å². The summed E-state index contributed by atoms with van der Waals surface area (Å²) in [5.41, 5.74) is 6.35. The smallest absolute Gasteiger partial charge is 0.253 e. The number of nitrogens with two attached hydrogens (primary N) is 1. The Morgan fingerprint density at radius 3 is 2.36 bits per heavy atom. The molecule has 6 nitrogen and oxygen atoms in total. The van der Waals surface area contributed by atoms with Crippen LogP contribution in [0, 0.1) is 5.92 Å². The molecule has 0 bridgehead atoms. The molecule has 1 amide bonds. The number of sulfonamides is 1. The minimum Gasteiger partial charge on any atom is -0.342 e. The maximum Gasteiger partial charge on any atom is 0.253 e. The molecule has 0 aromatic heterocycles. The fourth-order valence-electron chi connectivity index (χ4n) is 2.17. The lowest BCUT2D eigenvalue weighted by molar-refractivity contribution is 0.0789. The lowest BCUT2D eigenvalue weighted by Gasteiger charge is -2.22. The van der Waals surface area contributed by atoms with Crippen LogP contribution in [0.3, 0.4) is 0 Å². The van der Waals surface area contributed by atoms with Crippen molar-refractivity contribution in [2.45, 2.75) is 51.1 Å². The predicted octanol–water partition coefficient (Wildman–Crippen LogP) is 2.24. The van der Waals surface area contributed by atoms with Crippen LogP contribution < -0.4 is 10.5 Å². The Balaban J connectivity index is 0.00000576. The van der Waals surface area contributed by atoms with E-state index >= 15 is 0 Å². The van der Waals surface area contributed by atoms with Gasteiger partial charge in [-0.2, -0.15) is 0 Å². The van der Waals surface area contributed by atoms with Crippen LogP contribution in [0.2, 0.25) is 0 Å². The summed E-state index contributed by atoms with van der Waals surface area (Å²) in [6, 6.07) is 5.91. The molecule has 0 aliphatic carbocycles. The third-order valence-electron chi connectivity index (χ3n) is 3.78. The summed E-state index contributed by atoms with van der Waals surface area (Å²) in [5.74, 6) is 0.136. The average molecular weight is 392 g/mol. The van der Waals surface area contributed by atoms with E-state index < -0.39 is 10.0 Å². The van der Waals surface area contributed by atoms with E-state index in [1.54, 1.807) is 37.9 Å². The summed E-state index contributed by atoms with van der Waals surface area (Å²) < 4.78 is 27.0. The molecule has 144 valence electrons. The van der Waals surface area contributed by atoms with Crippen LogP contribution in [0.15, 0.2) is 29.2 Å². The Hall–Kier alpha value is -1.15. The Morgan fingerprint density at radius 2 is 1.84 bits per heavy atom. The molecule has 1 unspecified atom stereocenters. The molecule has 0 spiro atoms. The average Bonchev–Trinajstić information content (AvgIpc) is 2.50. The van der Waals surface area contributed by atoms with E-state index in [1.165, 1.54) is 12.1 Å². The number of hydrogen-bond acceptors (Lipinski definition) is 4. The Morgan fingerprint density at radius 1 is 1.24 bits per heavy atom. The quantitative estimate of drug-likeness (QED) is 0.710. The molecular weight excluding hydrogens is 362 g/mol. The Kier molecular flexibility index (Phi) is 9.64. The lowest BCUT2D eigenvalue weighted by atomic mass is 10.0. The van der Waals surface area contributed by atoms with Crippen molar-refractivity contribution < 1.29 is 13.2 Å². The van der Waals surface area contributed by atoms with Gasteiger partial charge >= 0.3 is 0 Å². The highest BCUT2D eigenvalue weighted by Gasteiger charge is 2.19. The third-order valence-corrected chi connectivity index (χ3v) is 5.44. The Labute approximate surface area is 157 Å². The van der Waals surface area contributed by atoms with E-state index in [0.717, 1.165) is 0 Å². The number of nitrogens with one attached hydrogen (secondary N) is 1. The van der Waals surface area contributed by atoms with Crippen LogP contribution in [0.5, 0.6) is 0 Å². The zero-order valence-electron chi connectivity index (χ0n) is 15.5. The fourth-order valence-corrected chi connectivity index (χ4v) is 3.47. The molecule has 1 aromatic carbocycles. The number of amides is 1. The van der Waals surface area contributed by atoms with Gasteiger partial charge in [-0.05, 0) is 44.4 Å². The minimum atomic E-state index is -3.62. The molecule has 0 aliphatic heterocycles. The molecule has 0 heterocycles. The normalized spacial score (nSPS) is 12.8. The van der Waals surface area contributed by atoms with Crippen molar-refractivity contribution >= 4 is 28.3 Å². The summed E-state index contributed by atoms with van der Waals surface area (Å²) >= 11 is 0. The maximum absolute atomic E-state index is 12.5. The van der Waals surface area contributed by atoms with Crippen LogP contribution in [0.25, 0.3) is 0 Å². The molecule has 0 fully saturated rings. The summed E-state index contributed by atoms with van der Waals surface area (Å²) in [4.78, 5) is 14.2. The summed E-state index contributed by atoms with van der Waals surface area (Å²) in [7, 11) is -1.92. The molecule has 0 aliphatic rings. The van der Waals surface area contributed by atoms with Gasteiger partial charge in [0, 0.05) is 31.2 Å². The zero-order valence-corrected chi connectivity index (χ0v) is 17.2. The monoisotopic (exact) mass is 391 g/mol. The van der Waals surface area contributed by atoms with Crippen molar-refractivity contribution in [2.75, 3.05) is 13.6 Å². The second-order valence-electron chi connectivity index (χ2n) is 6.73. The first-order chi connectivity index (χ1) is 11.0. The van der Waals surface area contributed by atoms with Crippen molar-refractivity contribution in [1.29, 1.82) is 0 Å². The predicted molar refractivity (Wildman–Crippen MR) is 104 cm³/mol. The molecule has 1 aromatic rings. The van der Waals surface area contributed by atoms with E-state index in [-0.39, 0.29) is 35.3 Å². The number of carbonyl (C=O) groups is 1. The molecular formula is C17H30ClN3O3S. The molecule has 0 radical (unpaired) electrons. The van der Waals surface area contributed by atoms with Gasteiger partial charge in [-0.15, -0.1) is 12.4 Å². The number of hydrogen-bond donors (Lipinski definition) is 2. The SMILES string of the molecule is CC(C)NS(=O)(=O)c1cccc(C(=O)N(C)CCC(N)C(C)C)c1.Cl. The number of halogens is 1. The van der Waals surface area contributed by atoms with Gasteiger partial charge in [-0.1, -0.05) is 19.9 Å². The molecule has 1 rings (SSSR count). The standard InChI is InChI=1S/C17H29N3O3S.ClH/c1-12(2)16(18)9-10-20(5)17(21)14-7-6-8-15(11-14)24(22,23)19-13(3)4;/h6-8,11-13,16,19H,9-10,18H2,1-5H3;1H. The molecule has 1 atom stereocenters. The van der Waals surface area contributed by atoms with Gasteiger partial charge in [-0.3, -0.25) is 4.79 Å². The zero-order chi connectivity index (χ0) is 18.5.